The van der Waals surface area contributed by atoms with Crippen molar-refractivity contribution in [3.63, 3.8) is 0 Å². The molecule has 0 radical (unpaired) electrons. The third-order valence-corrected chi connectivity index (χ3v) is 6.95. The summed E-state index contributed by atoms with van der Waals surface area (Å²) in [6, 6.07) is 46.2. The van der Waals surface area contributed by atoms with E-state index in [1.165, 1.54) is 33.4 Å². The number of halogens is 1. The second-order valence-electron chi connectivity index (χ2n) is 9.47. The number of hydrogen-bond acceptors (Lipinski definition) is 3. The Balaban J connectivity index is 1.33. The van der Waals surface area contributed by atoms with Gasteiger partial charge in [-0.25, -0.2) is 4.98 Å². The molecule has 6 aromatic rings. The first-order valence-corrected chi connectivity index (χ1v) is 13.4. The lowest BCUT2D eigenvalue weighted by Crippen LogP contribution is -1.99. The van der Waals surface area contributed by atoms with Gasteiger partial charge in [0.05, 0.1) is 0 Å². The van der Waals surface area contributed by atoms with E-state index in [1.54, 1.807) is 0 Å². The van der Waals surface area contributed by atoms with Gasteiger partial charge in [0.2, 0.25) is 5.28 Å². The molecule has 5 aromatic carbocycles. The van der Waals surface area contributed by atoms with E-state index in [4.69, 9.17) is 16.6 Å². The molecule has 0 spiro atoms. The molecule has 188 valence electrons. The second-order valence-corrected chi connectivity index (χ2v) is 9.81. The van der Waals surface area contributed by atoms with Crippen molar-refractivity contribution in [2.75, 3.05) is 0 Å². The van der Waals surface area contributed by atoms with Crippen LogP contribution in [0.15, 0.2) is 133 Å². The molecule has 0 saturated carbocycles. The number of hydrogen-bond donors (Lipinski definition) is 0. The maximum Gasteiger partial charge on any atom is 0.226 e. The molecule has 3 nitrogen and oxygen atoms in total. The van der Waals surface area contributed by atoms with Gasteiger partial charge in [-0.2, -0.15) is 9.97 Å². The van der Waals surface area contributed by atoms with Crippen LogP contribution in [0.3, 0.4) is 0 Å². The zero-order valence-corrected chi connectivity index (χ0v) is 22.1. The molecule has 1 heterocycles. The Labute approximate surface area is 233 Å². The highest BCUT2D eigenvalue weighted by Crippen LogP contribution is 2.31. The van der Waals surface area contributed by atoms with E-state index in [0.717, 1.165) is 24.0 Å². The predicted molar refractivity (Wildman–Crippen MR) is 160 cm³/mol. The van der Waals surface area contributed by atoms with E-state index in [-0.39, 0.29) is 5.28 Å². The van der Waals surface area contributed by atoms with E-state index in [2.05, 4.69) is 107 Å². The van der Waals surface area contributed by atoms with Crippen LogP contribution in [-0.4, -0.2) is 15.0 Å². The largest absolute Gasteiger partial charge is 0.226 e. The first kappa shape index (κ1) is 24.7. The minimum atomic E-state index is 0.185. The second kappa shape index (κ2) is 11.4. The molecule has 0 aliphatic rings. The number of nitrogens with zero attached hydrogens (tertiary/aromatic N) is 3. The standard InChI is InChI=1S/C35H26ClN3/c36-35-38-33(27-15-5-2-6-16-27)37-34(39-35)30-19-11-14-26(24-30)23-29-18-8-10-21-32(29)31-20-9-7-17-28(31)22-25-12-3-1-4-13-25/h1-21,24H,22-23H2. The van der Waals surface area contributed by atoms with E-state index in [1.807, 2.05) is 36.4 Å². The molecule has 0 N–H and O–H groups in total. The van der Waals surface area contributed by atoms with Gasteiger partial charge in [0.15, 0.2) is 11.6 Å². The maximum absolute atomic E-state index is 6.32. The van der Waals surface area contributed by atoms with E-state index < -0.39 is 0 Å². The zero-order chi connectivity index (χ0) is 26.4. The van der Waals surface area contributed by atoms with Crippen LogP contribution in [0.5, 0.6) is 0 Å². The molecule has 39 heavy (non-hydrogen) atoms. The Kier molecular flexibility index (Phi) is 7.24. The summed E-state index contributed by atoms with van der Waals surface area (Å²) in [5, 5.41) is 0.185. The van der Waals surface area contributed by atoms with Gasteiger partial charge < -0.3 is 0 Å². The summed E-state index contributed by atoms with van der Waals surface area (Å²) in [5.74, 6) is 1.13. The molecule has 6 rings (SSSR count). The molecular weight excluding hydrogens is 498 g/mol. The SMILES string of the molecule is Clc1nc(-c2ccccc2)nc(-c2cccc(Cc3ccccc3-c3ccccc3Cc3ccccc3)c2)n1. The van der Waals surface area contributed by atoms with E-state index >= 15 is 0 Å². The van der Waals surface area contributed by atoms with Crippen molar-refractivity contribution in [1.82, 2.24) is 15.0 Å². The van der Waals surface area contributed by atoms with Crippen LogP contribution in [-0.2, 0) is 12.8 Å². The molecule has 0 fully saturated rings. The molecule has 0 amide bonds. The Morgan fingerprint density at radius 1 is 0.436 bits per heavy atom. The zero-order valence-electron chi connectivity index (χ0n) is 21.3. The summed E-state index contributed by atoms with van der Waals surface area (Å²) in [6.45, 7) is 0. The van der Waals surface area contributed by atoms with Gasteiger partial charge >= 0.3 is 0 Å². The highest BCUT2D eigenvalue weighted by molar-refractivity contribution is 6.28. The van der Waals surface area contributed by atoms with Gasteiger partial charge in [0.25, 0.3) is 0 Å². The van der Waals surface area contributed by atoms with Crippen LogP contribution in [0.4, 0.5) is 0 Å². The smallest absolute Gasteiger partial charge is 0.208 e. The van der Waals surface area contributed by atoms with Crippen LogP contribution in [0.1, 0.15) is 22.3 Å². The molecule has 0 saturated heterocycles. The van der Waals surface area contributed by atoms with Crippen LogP contribution >= 0.6 is 11.6 Å². The molecule has 0 unspecified atom stereocenters. The van der Waals surface area contributed by atoms with Gasteiger partial charge in [-0.05, 0) is 63.9 Å². The number of aromatic nitrogens is 3. The first-order chi connectivity index (χ1) is 19.2. The van der Waals surface area contributed by atoms with Crippen LogP contribution in [0.25, 0.3) is 33.9 Å². The van der Waals surface area contributed by atoms with Crippen molar-refractivity contribution in [3.05, 3.63) is 161 Å². The molecule has 4 heteroatoms. The topological polar surface area (TPSA) is 38.7 Å². The van der Waals surface area contributed by atoms with Gasteiger partial charge in [-0.1, -0.05) is 127 Å². The summed E-state index contributed by atoms with van der Waals surface area (Å²) in [4.78, 5) is 13.5. The van der Waals surface area contributed by atoms with Gasteiger partial charge in [0, 0.05) is 11.1 Å². The fourth-order valence-corrected chi connectivity index (χ4v) is 5.09. The maximum atomic E-state index is 6.32. The summed E-state index contributed by atoms with van der Waals surface area (Å²) in [7, 11) is 0. The van der Waals surface area contributed by atoms with E-state index in [0.29, 0.717) is 11.6 Å². The minimum Gasteiger partial charge on any atom is -0.208 e. The lowest BCUT2D eigenvalue weighted by atomic mass is 9.90. The average Bonchev–Trinajstić information content (AvgIpc) is 2.99. The first-order valence-electron chi connectivity index (χ1n) is 13.0. The highest BCUT2D eigenvalue weighted by Gasteiger charge is 2.13. The quantitative estimate of drug-likeness (QED) is 0.210. The molecule has 0 atom stereocenters. The van der Waals surface area contributed by atoms with Crippen molar-refractivity contribution in [1.29, 1.82) is 0 Å². The number of rotatable bonds is 7. The molecule has 0 bridgehead atoms. The molecular formula is C35H26ClN3. The fraction of sp³-hybridized carbons (Fsp3) is 0.0571. The summed E-state index contributed by atoms with van der Waals surface area (Å²) in [5.41, 5.74) is 9.42. The predicted octanol–water partition coefficient (Wildman–Crippen LogP) is 8.71. The highest BCUT2D eigenvalue weighted by atomic mass is 35.5. The lowest BCUT2D eigenvalue weighted by molar-refractivity contribution is 1.06. The van der Waals surface area contributed by atoms with Crippen molar-refractivity contribution >= 4 is 11.6 Å². The Morgan fingerprint density at radius 3 is 1.59 bits per heavy atom. The van der Waals surface area contributed by atoms with Crippen LogP contribution in [0.2, 0.25) is 5.28 Å². The van der Waals surface area contributed by atoms with Crippen molar-refractivity contribution in [2.45, 2.75) is 12.8 Å². The van der Waals surface area contributed by atoms with Crippen molar-refractivity contribution in [2.24, 2.45) is 0 Å². The Morgan fingerprint density at radius 2 is 0.923 bits per heavy atom. The van der Waals surface area contributed by atoms with Gasteiger partial charge in [0.1, 0.15) is 0 Å². The van der Waals surface area contributed by atoms with Crippen LogP contribution in [0, 0.1) is 0 Å². The molecule has 0 aliphatic carbocycles. The number of benzene rings is 5. The third kappa shape index (κ3) is 5.79. The monoisotopic (exact) mass is 523 g/mol. The average molecular weight is 524 g/mol. The van der Waals surface area contributed by atoms with E-state index in [9.17, 15) is 0 Å². The summed E-state index contributed by atoms with van der Waals surface area (Å²) in [6.07, 6.45) is 1.68. The summed E-state index contributed by atoms with van der Waals surface area (Å²) < 4.78 is 0. The van der Waals surface area contributed by atoms with Gasteiger partial charge in [-0.15, -0.1) is 0 Å². The lowest BCUT2D eigenvalue weighted by Gasteiger charge is -2.15. The van der Waals surface area contributed by atoms with Gasteiger partial charge in [-0.3, -0.25) is 0 Å². The molecule has 0 aliphatic heterocycles. The summed E-state index contributed by atoms with van der Waals surface area (Å²) >= 11 is 6.32. The van der Waals surface area contributed by atoms with Crippen molar-refractivity contribution < 1.29 is 0 Å². The fourth-order valence-electron chi connectivity index (χ4n) is 4.93. The Bertz CT molecular complexity index is 1720. The molecule has 1 aromatic heterocycles. The normalized spacial score (nSPS) is 10.9. The van der Waals surface area contributed by atoms with Crippen LogP contribution < -0.4 is 0 Å². The minimum absolute atomic E-state index is 0.185. The third-order valence-electron chi connectivity index (χ3n) is 6.78. The Hall–Kier alpha value is -4.60. The van der Waals surface area contributed by atoms with Crippen molar-refractivity contribution in [3.8, 4) is 33.9 Å².